The van der Waals surface area contributed by atoms with E-state index < -0.39 is 30.6 Å². The van der Waals surface area contributed by atoms with Gasteiger partial charge in [0.1, 0.15) is 5.82 Å². The average molecular weight is 235 g/mol. The van der Waals surface area contributed by atoms with Gasteiger partial charge in [0.05, 0.1) is 6.42 Å². The fourth-order valence-electron chi connectivity index (χ4n) is 1.16. The van der Waals surface area contributed by atoms with Crippen molar-refractivity contribution < 1.29 is 22.4 Å². The second kappa shape index (κ2) is 4.51. The molecular formula is C10H9F4NO. The van der Waals surface area contributed by atoms with Crippen LogP contribution in [0.3, 0.4) is 0 Å². The lowest BCUT2D eigenvalue weighted by Gasteiger charge is -2.07. The molecule has 88 valence electrons. The number of halogens is 4. The molecule has 6 heteroatoms. The Morgan fingerprint density at radius 2 is 1.94 bits per heavy atom. The van der Waals surface area contributed by atoms with Gasteiger partial charge < -0.3 is 5.73 Å². The van der Waals surface area contributed by atoms with Crippen LogP contribution in [0.4, 0.5) is 23.2 Å². The van der Waals surface area contributed by atoms with Gasteiger partial charge in [0, 0.05) is 17.7 Å². The van der Waals surface area contributed by atoms with Crippen molar-refractivity contribution in [1.29, 1.82) is 0 Å². The van der Waals surface area contributed by atoms with Gasteiger partial charge >= 0.3 is 6.18 Å². The first-order chi connectivity index (χ1) is 7.29. The van der Waals surface area contributed by atoms with Gasteiger partial charge in [-0.25, -0.2) is 4.39 Å². The topological polar surface area (TPSA) is 43.1 Å². The van der Waals surface area contributed by atoms with Crippen LogP contribution in [0.15, 0.2) is 18.2 Å². The molecule has 1 rings (SSSR count). The maximum atomic E-state index is 12.8. The zero-order valence-electron chi connectivity index (χ0n) is 8.14. The monoisotopic (exact) mass is 235 g/mol. The van der Waals surface area contributed by atoms with E-state index in [2.05, 4.69) is 0 Å². The van der Waals surface area contributed by atoms with Gasteiger partial charge in [-0.15, -0.1) is 0 Å². The van der Waals surface area contributed by atoms with Gasteiger partial charge in [-0.1, -0.05) is 0 Å². The van der Waals surface area contributed by atoms with Crippen molar-refractivity contribution in [3.05, 3.63) is 29.6 Å². The summed E-state index contributed by atoms with van der Waals surface area (Å²) in [6.07, 6.45) is -6.36. The number of carbonyl (C=O) groups is 1. The van der Waals surface area contributed by atoms with E-state index in [1.165, 1.54) is 0 Å². The molecular weight excluding hydrogens is 226 g/mol. The Labute approximate surface area is 89.1 Å². The second-order valence-corrected chi connectivity index (χ2v) is 3.27. The number of ketones is 1. The molecule has 0 aliphatic heterocycles. The molecule has 0 saturated carbocycles. The van der Waals surface area contributed by atoms with Crippen LogP contribution in [0.25, 0.3) is 0 Å². The van der Waals surface area contributed by atoms with Crippen LogP contribution < -0.4 is 5.73 Å². The summed E-state index contributed by atoms with van der Waals surface area (Å²) in [5.41, 5.74) is 5.14. The molecule has 2 N–H and O–H groups in total. The third-order valence-corrected chi connectivity index (χ3v) is 1.95. The summed E-state index contributed by atoms with van der Waals surface area (Å²) in [4.78, 5) is 11.3. The third-order valence-electron chi connectivity index (χ3n) is 1.95. The molecule has 0 amide bonds. The van der Waals surface area contributed by atoms with E-state index in [9.17, 15) is 22.4 Å². The normalized spacial score (nSPS) is 11.5. The summed E-state index contributed by atoms with van der Waals surface area (Å²) >= 11 is 0. The molecule has 2 nitrogen and oxygen atoms in total. The van der Waals surface area contributed by atoms with Crippen molar-refractivity contribution in [3.8, 4) is 0 Å². The summed E-state index contributed by atoms with van der Waals surface area (Å²) in [6, 6.07) is 3.03. The van der Waals surface area contributed by atoms with Crippen LogP contribution in [-0.2, 0) is 0 Å². The van der Waals surface area contributed by atoms with Crippen LogP contribution in [0.2, 0.25) is 0 Å². The van der Waals surface area contributed by atoms with Crippen LogP contribution in [0.5, 0.6) is 0 Å². The molecule has 0 spiro atoms. The molecule has 0 aliphatic rings. The maximum absolute atomic E-state index is 12.8. The molecule has 1 aromatic carbocycles. The highest BCUT2D eigenvalue weighted by Gasteiger charge is 2.28. The zero-order chi connectivity index (χ0) is 12.3. The SMILES string of the molecule is Nc1ccc(F)cc1C(=O)CCC(F)(F)F. The van der Waals surface area contributed by atoms with Gasteiger partial charge in [0.25, 0.3) is 0 Å². The Bertz CT molecular complexity index is 400. The smallest absolute Gasteiger partial charge is 0.389 e. The predicted octanol–water partition coefficient (Wildman–Crippen LogP) is 2.93. The van der Waals surface area contributed by atoms with Crippen LogP contribution in [-0.4, -0.2) is 12.0 Å². The zero-order valence-corrected chi connectivity index (χ0v) is 8.14. The number of nitrogen functional groups attached to an aromatic ring is 1. The highest BCUT2D eigenvalue weighted by atomic mass is 19.4. The maximum Gasteiger partial charge on any atom is 0.389 e. The van der Waals surface area contributed by atoms with Crippen molar-refractivity contribution in [2.24, 2.45) is 0 Å². The standard InChI is InChI=1S/C10H9F4NO/c11-6-1-2-8(15)7(5-6)9(16)3-4-10(12,13)14/h1-2,5H,3-4,15H2. The minimum Gasteiger partial charge on any atom is -0.398 e. The number of hydrogen-bond acceptors (Lipinski definition) is 2. The molecule has 0 aliphatic carbocycles. The molecule has 0 heterocycles. The third kappa shape index (κ3) is 3.52. The van der Waals surface area contributed by atoms with E-state index in [0.717, 1.165) is 18.2 Å². The van der Waals surface area contributed by atoms with E-state index in [1.807, 2.05) is 0 Å². The van der Waals surface area contributed by atoms with Gasteiger partial charge in [0.15, 0.2) is 5.78 Å². The summed E-state index contributed by atoms with van der Waals surface area (Å²) in [5, 5.41) is 0. The number of Topliss-reactive ketones (excluding diaryl/α,β-unsaturated/α-hetero) is 1. The highest BCUT2D eigenvalue weighted by Crippen LogP contribution is 2.24. The Balaban J connectivity index is 2.77. The summed E-state index contributed by atoms with van der Waals surface area (Å²) in [7, 11) is 0. The summed E-state index contributed by atoms with van der Waals surface area (Å²) in [5.74, 6) is -1.51. The van der Waals surface area contributed by atoms with E-state index in [4.69, 9.17) is 5.73 Å². The van der Waals surface area contributed by atoms with Crippen molar-refractivity contribution in [3.63, 3.8) is 0 Å². The molecule has 0 saturated heterocycles. The average Bonchev–Trinajstić information content (AvgIpc) is 2.17. The van der Waals surface area contributed by atoms with Crippen LogP contribution in [0, 0.1) is 5.82 Å². The molecule has 0 radical (unpaired) electrons. The van der Waals surface area contributed by atoms with Crippen molar-refractivity contribution in [1.82, 2.24) is 0 Å². The number of rotatable bonds is 3. The molecule has 0 bridgehead atoms. The molecule has 1 aromatic rings. The number of hydrogen-bond donors (Lipinski definition) is 1. The van der Waals surface area contributed by atoms with Gasteiger partial charge in [-0.05, 0) is 18.2 Å². The number of benzene rings is 1. The van der Waals surface area contributed by atoms with E-state index in [1.54, 1.807) is 0 Å². The van der Waals surface area contributed by atoms with E-state index in [-0.39, 0.29) is 11.3 Å². The highest BCUT2D eigenvalue weighted by molar-refractivity contribution is 6.00. The molecule has 16 heavy (non-hydrogen) atoms. The molecule has 0 atom stereocenters. The largest absolute Gasteiger partial charge is 0.398 e. The minimum absolute atomic E-state index is 0.0198. The number of nitrogens with two attached hydrogens (primary N) is 1. The van der Waals surface area contributed by atoms with Crippen LogP contribution in [0.1, 0.15) is 23.2 Å². The molecule has 0 unspecified atom stereocenters. The fourth-order valence-corrected chi connectivity index (χ4v) is 1.16. The Morgan fingerprint density at radius 1 is 1.31 bits per heavy atom. The summed E-state index contributed by atoms with van der Waals surface area (Å²) < 4.78 is 48.3. The first-order valence-electron chi connectivity index (χ1n) is 4.44. The Kier molecular flexibility index (Phi) is 3.51. The van der Waals surface area contributed by atoms with E-state index in [0.29, 0.717) is 0 Å². The van der Waals surface area contributed by atoms with E-state index >= 15 is 0 Å². The van der Waals surface area contributed by atoms with Gasteiger partial charge in [-0.2, -0.15) is 13.2 Å². The predicted molar refractivity (Wildman–Crippen MR) is 50.4 cm³/mol. The lowest BCUT2D eigenvalue weighted by molar-refractivity contribution is -0.133. The quantitative estimate of drug-likeness (QED) is 0.497. The second-order valence-electron chi connectivity index (χ2n) is 3.27. The number of carbonyl (C=O) groups excluding carboxylic acids is 1. The lowest BCUT2D eigenvalue weighted by Crippen LogP contribution is -2.12. The number of anilines is 1. The first kappa shape index (κ1) is 12.5. The molecule has 0 aromatic heterocycles. The molecule has 0 fully saturated rings. The van der Waals surface area contributed by atoms with Crippen molar-refractivity contribution in [2.45, 2.75) is 19.0 Å². The Morgan fingerprint density at radius 3 is 2.50 bits per heavy atom. The lowest BCUT2D eigenvalue weighted by atomic mass is 10.0. The van der Waals surface area contributed by atoms with Crippen LogP contribution >= 0.6 is 0 Å². The summed E-state index contributed by atoms with van der Waals surface area (Å²) in [6.45, 7) is 0. The minimum atomic E-state index is -4.41. The van der Waals surface area contributed by atoms with Crippen molar-refractivity contribution >= 4 is 11.5 Å². The Hall–Kier alpha value is -1.59. The first-order valence-corrected chi connectivity index (χ1v) is 4.44. The van der Waals surface area contributed by atoms with Gasteiger partial charge in [0.2, 0.25) is 0 Å². The fraction of sp³-hybridized carbons (Fsp3) is 0.300. The van der Waals surface area contributed by atoms with Gasteiger partial charge in [-0.3, -0.25) is 4.79 Å². The van der Waals surface area contributed by atoms with Crippen molar-refractivity contribution in [2.75, 3.05) is 5.73 Å². The number of alkyl halides is 3.